The zero-order valence-corrected chi connectivity index (χ0v) is 24.1. The zero-order valence-electron chi connectivity index (χ0n) is 21.9. The Morgan fingerprint density at radius 3 is 1.48 bits per heavy atom. The Labute approximate surface area is 219 Å². The molecule has 0 bridgehead atoms. The van der Waals surface area contributed by atoms with Crippen molar-refractivity contribution in [1.82, 2.24) is 0 Å². The smallest absolute Gasteiger partial charge is 0.305 e. The fraction of sp³-hybridized carbons (Fsp3) is 0.964. The highest BCUT2D eigenvalue weighted by Crippen LogP contribution is 2.13. The van der Waals surface area contributed by atoms with E-state index in [4.69, 9.17) is 14.2 Å². The Bertz CT molecular complexity index is 379. The third-order valence-corrected chi connectivity index (χ3v) is 6.78. The minimum atomic E-state index is -0.0870. The predicted molar refractivity (Wildman–Crippen MR) is 149 cm³/mol. The fourth-order valence-electron chi connectivity index (χ4n) is 3.90. The van der Waals surface area contributed by atoms with Crippen LogP contribution >= 0.6 is 22.6 Å². The molecule has 0 saturated heterocycles. The molecule has 0 N–H and O–H groups in total. The average molecular weight is 583 g/mol. The second kappa shape index (κ2) is 30.2. The van der Waals surface area contributed by atoms with Crippen molar-refractivity contribution in [1.29, 1.82) is 0 Å². The Balaban J connectivity index is 3.13. The lowest BCUT2D eigenvalue weighted by molar-refractivity contribution is -0.145. The molecule has 0 saturated carbocycles. The number of carbonyl (C=O) groups is 1. The largest absolute Gasteiger partial charge is 0.463 e. The van der Waals surface area contributed by atoms with Gasteiger partial charge in [0.2, 0.25) is 0 Å². The van der Waals surface area contributed by atoms with E-state index >= 15 is 0 Å². The number of unbranched alkanes of at least 4 members (excludes halogenated alkanes) is 17. The molecule has 0 atom stereocenters. The number of rotatable bonds is 28. The van der Waals surface area contributed by atoms with Crippen molar-refractivity contribution in [3.8, 4) is 0 Å². The first kappa shape index (κ1) is 33.1. The number of halogens is 1. The first-order chi connectivity index (χ1) is 16.3. The van der Waals surface area contributed by atoms with Crippen LogP contribution in [-0.2, 0) is 19.0 Å². The van der Waals surface area contributed by atoms with E-state index in [1.807, 2.05) is 0 Å². The molecule has 4 nitrogen and oxygen atoms in total. The fourth-order valence-corrected chi connectivity index (χ4v) is 4.44. The summed E-state index contributed by atoms with van der Waals surface area (Å²) in [5, 5.41) is 0. The molecule has 0 unspecified atom stereocenters. The molecule has 0 radical (unpaired) electrons. The van der Waals surface area contributed by atoms with Crippen LogP contribution in [0.5, 0.6) is 0 Å². The third kappa shape index (κ3) is 30.1. The van der Waals surface area contributed by atoms with E-state index in [0.29, 0.717) is 32.8 Å². The van der Waals surface area contributed by atoms with Gasteiger partial charge in [-0.1, -0.05) is 132 Å². The summed E-state index contributed by atoms with van der Waals surface area (Å²) in [6.07, 6.45) is 25.6. The standard InChI is InChI=1S/C28H55IO4/c1-2-3-4-5-6-7-8-9-10-11-12-13-14-15-18-21-28(30)33-27-26-32-25-24-31-23-20-17-16-19-22-29/h2-27H2,1H3. The Hall–Kier alpha value is 0.120. The lowest BCUT2D eigenvalue weighted by Gasteiger charge is -2.07. The number of alkyl halides is 1. The van der Waals surface area contributed by atoms with E-state index in [0.717, 1.165) is 25.9 Å². The highest BCUT2D eigenvalue weighted by molar-refractivity contribution is 14.1. The summed E-state index contributed by atoms with van der Waals surface area (Å²) in [5.74, 6) is -0.0870. The maximum Gasteiger partial charge on any atom is 0.305 e. The van der Waals surface area contributed by atoms with Gasteiger partial charge in [0.1, 0.15) is 6.61 Å². The van der Waals surface area contributed by atoms with E-state index in [1.165, 1.54) is 107 Å². The molecule has 0 aliphatic heterocycles. The molecule has 0 heterocycles. The van der Waals surface area contributed by atoms with E-state index in [1.54, 1.807) is 0 Å². The molecule has 33 heavy (non-hydrogen) atoms. The van der Waals surface area contributed by atoms with Crippen molar-refractivity contribution in [3.63, 3.8) is 0 Å². The van der Waals surface area contributed by atoms with Crippen LogP contribution in [0.15, 0.2) is 0 Å². The van der Waals surface area contributed by atoms with Gasteiger partial charge in [0.25, 0.3) is 0 Å². The van der Waals surface area contributed by atoms with Crippen molar-refractivity contribution in [2.75, 3.05) is 37.5 Å². The first-order valence-corrected chi connectivity index (χ1v) is 15.7. The molecule has 198 valence electrons. The second-order valence-corrected chi connectivity index (χ2v) is 10.3. The van der Waals surface area contributed by atoms with Gasteiger partial charge >= 0.3 is 5.97 Å². The van der Waals surface area contributed by atoms with Gasteiger partial charge in [0, 0.05) is 13.0 Å². The van der Waals surface area contributed by atoms with Crippen LogP contribution in [0.4, 0.5) is 0 Å². The Kier molecular flexibility index (Phi) is 30.3. The number of carbonyl (C=O) groups excluding carboxylic acids is 1. The minimum Gasteiger partial charge on any atom is -0.463 e. The van der Waals surface area contributed by atoms with Gasteiger partial charge in [-0.25, -0.2) is 0 Å². The molecule has 0 spiro atoms. The topological polar surface area (TPSA) is 44.8 Å². The molecule has 0 aromatic carbocycles. The predicted octanol–water partition coefficient (Wildman–Crippen LogP) is 8.82. The average Bonchev–Trinajstić information content (AvgIpc) is 2.82. The van der Waals surface area contributed by atoms with Crippen molar-refractivity contribution in [2.24, 2.45) is 0 Å². The summed E-state index contributed by atoms with van der Waals surface area (Å²) in [6, 6.07) is 0. The maximum atomic E-state index is 11.8. The van der Waals surface area contributed by atoms with Gasteiger partial charge in [-0.2, -0.15) is 0 Å². The van der Waals surface area contributed by atoms with Crippen molar-refractivity contribution >= 4 is 28.6 Å². The first-order valence-electron chi connectivity index (χ1n) is 14.2. The van der Waals surface area contributed by atoms with Gasteiger partial charge in [-0.3, -0.25) is 4.79 Å². The minimum absolute atomic E-state index is 0.0870. The quantitative estimate of drug-likeness (QED) is 0.0400. The number of ether oxygens (including phenoxy) is 3. The second-order valence-electron chi connectivity index (χ2n) is 9.25. The lowest BCUT2D eigenvalue weighted by Crippen LogP contribution is -2.13. The summed E-state index contributed by atoms with van der Waals surface area (Å²) >= 11 is 2.42. The summed E-state index contributed by atoms with van der Waals surface area (Å²) in [6.45, 7) is 5.11. The normalized spacial score (nSPS) is 11.2. The van der Waals surface area contributed by atoms with Gasteiger partial charge in [0.15, 0.2) is 0 Å². The van der Waals surface area contributed by atoms with Crippen LogP contribution in [0.3, 0.4) is 0 Å². The molecule has 0 rings (SSSR count). The summed E-state index contributed by atoms with van der Waals surface area (Å²) in [4.78, 5) is 11.8. The molecule has 0 aliphatic carbocycles. The molecule has 0 fully saturated rings. The molecule has 5 heteroatoms. The van der Waals surface area contributed by atoms with Crippen molar-refractivity contribution in [2.45, 2.75) is 135 Å². The van der Waals surface area contributed by atoms with E-state index in [2.05, 4.69) is 29.5 Å². The molecule has 0 aromatic heterocycles. The monoisotopic (exact) mass is 582 g/mol. The van der Waals surface area contributed by atoms with Gasteiger partial charge in [-0.05, 0) is 23.7 Å². The van der Waals surface area contributed by atoms with Crippen LogP contribution in [0.25, 0.3) is 0 Å². The number of hydrogen-bond acceptors (Lipinski definition) is 4. The van der Waals surface area contributed by atoms with Crippen molar-refractivity contribution < 1.29 is 19.0 Å². The molecule has 0 amide bonds. The van der Waals surface area contributed by atoms with Gasteiger partial charge < -0.3 is 14.2 Å². The number of esters is 1. The highest BCUT2D eigenvalue weighted by Gasteiger charge is 2.02. The van der Waals surface area contributed by atoms with Crippen LogP contribution in [0.1, 0.15) is 135 Å². The van der Waals surface area contributed by atoms with Crippen LogP contribution < -0.4 is 0 Å². The Morgan fingerprint density at radius 2 is 0.939 bits per heavy atom. The van der Waals surface area contributed by atoms with Crippen LogP contribution in [0, 0.1) is 0 Å². The maximum absolute atomic E-state index is 11.8. The van der Waals surface area contributed by atoms with E-state index in [-0.39, 0.29) is 5.97 Å². The summed E-state index contributed by atoms with van der Waals surface area (Å²) in [7, 11) is 0. The zero-order chi connectivity index (χ0) is 24.1. The highest BCUT2D eigenvalue weighted by atomic mass is 127. The lowest BCUT2D eigenvalue weighted by atomic mass is 10.0. The Morgan fingerprint density at radius 1 is 0.515 bits per heavy atom. The SMILES string of the molecule is CCCCCCCCCCCCCCCCCC(=O)OCCOCCOCCCCCCI. The van der Waals surface area contributed by atoms with E-state index < -0.39 is 0 Å². The molecular weight excluding hydrogens is 527 g/mol. The van der Waals surface area contributed by atoms with Crippen molar-refractivity contribution in [3.05, 3.63) is 0 Å². The summed E-state index contributed by atoms with van der Waals surface area (Å²) < 4.78 is 17.5. The molecular formula is C28H55IO4. The van der Waals surface area contributed by atoms with Crippen LogP contribution in [0.2, 0.25) is 0 Å². The van der Waals surface area contributed by atoms with Gasteiger partial charge in [0.05, 0.1) is 19.8 Å². The number of hydrogen-bond donors (Lipinski definition) is 0. The van der Waals surface area contributed by atoms with Gasteiger partial charge in [-0.15, -0.1) is 0 Å². The third-order valence-electron chi connectivity index (χ3n) is 6.02. The summed E-state index contributed by atoms with van der Waals surface area (Å²) in [5.41, 5.74) is 0. The molecule has 0 aromatic rings. The van der Waals surface area contributed by atoms with Crippen LogP contribution in [-0.4, -0.2) is 43.4 Å². The molecule has 0 aliphatic rings. The van der Waals surface area contributed by atoms with E-state index in [9.17, 15) is 4.79 Å².